The van der Waals surface area contributed by atoms with E-state index in [1.54, 1.807) is 0 Å². The van der Waals surface area contributed by atoms with E-state index in [1.165, 1.54) is 18.4 Å². The lowest BCUT2D eigenvalue weighted by Gasteiger charge is -2.32. The van der Waals surface area contributed by atoms with E-state index in [0.29, 0.717) is 13.1 Å². The first-order valence-electron chi connectivity index (χ1n) is 12.1. The lowest BCUT2D eigenvalue weighted by Crippen LogP contribution is -2.38. The number of aromatic nitrogens is 2. The normalized spacial score (nSPS) is 13.0. The van der Waals surface area contributed by atoms with Crippen molar-refractivity contribution in [1.29, 1.82) is 0 Å². The molecule has 1 aromatic heterocycles. The van der Waals surface area contributed by atoms with Gasteiger partial charge in [0.25, 0.3) is 5.91 Å². The molecule has 2 aromatic carbocycles. The van der Waals surface area contributed by atoms with Crippen molar-refractivity contribution in [3.8, 4) is 11.4 Å². The number of hydrogen-bond acceptors (Lipinski definition) is 4. The molecule has 4 rings (SSSR count). The van der Waals surface area contributed by atoms with Gasteiger partial charge < -0.3 is 9.80 Å². The SMILES string of the molecule is CCCCc1ccc(C(=O)N2CCc3nc(-c4ccccc4)nc(N(C)CCC)c3C2)cc1. The third-order valence-electron chi connectivity index (χ3n) is 6.30. The topological polar surface area (TPSA) is 49.3 Å². The number of anilines is 1. The average Bonchev–Trinajstić information content (AvgIpc) is 2.87. The fraction of sp³-hybridized carbons (Fsp3) is 0.393. The first-order valence-corrected chi connectivity index (χ1v) is 12.1. The smallest absolute Gasteiger partial charge is 0.254 e. The van der Waals surface area contributed by atoms with Crippen LogP contribution in [0.5, 0.6) is 0 Å². The Hall–Kier alpha value is -3.21. The minimum absolute atomic E-state index is 0.0823. The highest BCUT2D eigenvalue weighted by Crippen LogP contribution is 2.30. The quantitative estimate of drug-likeness (QED) is 0.460. The number of carbonyl (C=O) groups excluding carboxylic acids is 1. The van der Waals surface area contributed by atoms with E-state index < -0.39 is 0 Å². The van der Waals surface area contributed by atoms with Gasteiger partial charge in [0.2, 0.25) is 0 Å². The molecule has 1 amide bonds. The molecule has 0 N–H and O–H groups in total. The molecule has 0 spiro atoms. The Balaban J connectivity index is 1.61. The van der Waals surface area contributed by atoms with Crippen LogP contribution in [-0.4, -0.2) is 40.9 Å². The van der Waals surface area contributed by atoms with E-state index in [1.807, 2.05) is 47.4 Å². The standard InChI is InChI=1S/C28H34N4O/c1-4-6-10-21-13-15-23(16-14-21)28(33)32-19-17-25-24(20-32)27(31(3)18-5-2)30-26(29-25)22-11-8-7-9-12-22/h7-9,11-16H,4-6,10,17-20H2,1-3H3. The monoisotopic (exact) mass is 442 g/mol. The molecule has 3 aromatic rings. The lowest BCUT2D eigenvalue weighted by molar-refractivity contribution is 0.0733. The van der Waals surface area contributed by atoms with Gasteiger partial charge in [0.15, 0.2) is 5.82 Å². The Morgan fingerprint density at radius 2 is 1.76 bits per heavy atom. The van der Waals surface area contributed by atoms with Crippen molar-refractivity contribution < 1.29 is 4.79 Å². The molecular weight excluding hydrogens is 408 g/mol. The molecule has 2 heterocycles. The zero-order valence-electron chi connectivity index (χ0n) is 20.1. The minimum atomic E-state index is 0.0823. The average molecular weight is 443 g/mol. The van der Waals surface area contributed by atoms with Crippen LogP contribution >= 0.6 is 0 Å². The highest BCUT2D eigenvalue weighted by molar-refractivity contribution is 5.94. The van der Waals surface area contributed by atoms with Gasteiger partial charge in [0.05, 0.1) is 12.2 Å². The number of hydrogen-bond donors (Lipinski definition) is 0. The third-order valence-corrected chi connectivity index (χ3v) is 6.30. The van der Waals surface area contributed by atoms with Crippen LogP contribution in [0.4, 0.5) is 5.82 Å². The van der Waals surface area contributed by atoms with Gasteiger partial charge in [-0.2, -0.15) is 0 Å². The van der Waals surface area contributed by atoms with Gasteiger partial charge in [0.1, 0.15) is 5.82 Å². The number of amides is 1. The van der Waals surface area contributed by atoms with E-state index in [4.69, 9.17) is 9.97 Å². The minimum Gasteiger partial charge on any atom is -0.359 e. The Kier molecular flexibility index (Phi) is 7.38. The molecule has 0 bridgehead atoms. The molecule has 0 aliphatic carbocycles. The van der Waals surface area contributed by atoms with Crippen molar-refractivity contribution in [2.75, 3.05) is 25.0 Å². The molecular formula is C28H34N4O. The largest absolute Gasteiger partial charge is 0.359 e. The molecule has 0 radical (unpaired) electrons. The van der Waals surface area contributed by atoms with Gasteiger partial charge in [-0.15, -0.1) is 0 Å². The fourth-order valence-corrected chi connectivity index (χ4v) is 4.42. The number of aryl methyl sites for hydroxylation is 1. The first-order chi connectivity index (χ1) is 16.1. The number of benzene rings is 2. The first kappa shape index (κ1) is 23.0. The molecule has 172 valence electrons. The van der Waals surface area contributed by atoms with Crippen molar-refractivity contribution in [2.45, 2.75) is 52.5 Å². The van der Waals surface area contributed by atoms with E-state index in [9.17, 15) is 4.79 Å². The van der Waals surface area contributed by atoms with Gasteiger partial charge in [-0.1, -0.05) is 62.7 Å². The second-order valence-corrected chi connectivity index (χ2v) is 8.86. The highest BCUT2D eigenvalue weighted by atomic mass is 16.2. The summed E-state index contributed by atoms with van der Waals surface area (Å²) in [6, 6.07) is 18.3. The predicted octanol–water partition coefficient (Wildman–Crippen LogP) is 5.53. The summed E-state index contributed by atoms with van der Waals surface area (Å²) in [4.78, 5) is 27.3. The maximum absolute atomic E-state index is 13.3. The molecule has 0 saturated heterocycles. The summed E-state index contributed by atoms with van der Waals surface area (Å²) in [6.07, 6.45) is 5.19. The summed E-state index contributed by atoms with van der Waals surface area (Å²) in [5.41, 5.74) is 5.20. The molecule has 33 heavy (non-hydrogen) atoms. The summed E-state index contributed by atoms with van der Waals surface area (Å²) >= 11 is 0. The van der Waals surface area contributed by atoms with Crippen molar-refractivity contribution in [2.24, 2.45) is 0 Å². The van der Waals surface area contributed by atoms with Crippen molar-refractivity contribution in [1.82, 2.24) is 14.9 Å². The number of fused-ring (bicyclic) bond motifs is 1. The number of carbonyl (C=O) groups is 1. The van der Waals surface area contributed by atoms with Crippen LogP contribution < -0.4 is 4.90 Å². The van der Waals surface area contributed by atoms with E-state index in [-0.39, 0.29) is 5.91 Å². The lowest BCUT2D eigenvalue weighted by atomic mass is 10.0. The molecule has 1 aliphatic heterocycles. The summed E-state index contributed by atoms with van der Waals surface area (Å²) in [5.74, 6) is 1.78. The zero-order valence-corrected chi connectivity index (χ0v) is 20.1. The summed E-state index contributed by atoms with van der Waals surface area (Å²) in [5, 5.41) is 0. The Bertz CT molecular complexity index is 1080. The number of rotatable bonds is 8. The second kappa shape index (κ2) is 10.6. The molecule has 0 atom stereocenters. The van der Waals surface area contributed by atoms with Gasteiger partial charge >= 0.3 is 0 Å². The summed E-state index contributed by atoms with van der Waals surface area (Å²) in [7, 11) is 2.08. The van der Waals surface area contributed by atoms with Crippen LogP contribution in [0.3, 0.4) is 0 Å². The van der Waals surface area contributed by atoms with E-state index >= 15 is 0 Å². The number of nitrogens with zero attached hydrogens (tertiary/aromatic N) is 4. The van der Waals surface area contributed by atoms with E-state index in [2.05, 4.69) is 37.9 Å². The Labute approximate surface area is 197 Å². The molecule has 0 saturated carbocycles. The molecule has 0 fully saturated rings. The second-order valence-electron chi connectivity index (χ2n) is 8.86. The fourth-order valence-electron chi connectivity index (χ4n) is 4.42. The van der Waals surface area contributed by atoms with Crippen molar-refractivity contribution in [3.05, 3.63) is 77.0 Å². The summed E-state index contributed by atoms with van der Waals surface area (Å²) in [6.45, 7) is 6.49. The van der Waals surface area contributed by atoms with Crippen LogP contribution in [-0.2, 0) is 19.4 Å². The maximum Gasteiger partial charge on any atom is 0.254 e. The predicted molar refractivity (Wildman–Crippen MR) is 135 cm³/mol. The molecule has 1 aliphatic rings. The van der Waals surface area contributed by atoms with Gasteiger partial charge in [-0.05, 0) is 37.0 Å². The van der Waals surface area contributed by atoms with E-state index in [0.717, 1.165) is 59.8 Å². The molecule has 5 heteroatoms. The van der Waals surface area contributed by atoms with Crippen LogP contribution in [0.1, 0.15) is 60.3 Å². The van der Waals surface area contributed by atoms with Crippen LogP contribution in [0.15, 0.2) is 54.6 Å². The Morgan fingerprint density at radius 3 is 2.45 bits per heavy atom. The van der Waals surface area contributed by atoms with Crippen molar-refractivity contribution in [3.63, 3.8) is 0 Å². The van der Waals surface area contributed by atoms with Gasteiger partial charge in [0, 0.05) is 43.2 Å². The molecule has 0 unspecified atom stereocenters. The van der Waals surface area contributed by atoms with Crippen LogP contribution in [0.25, 0.3) is 11.4 Å². The van der Waals surface area contributed by atoms with Crippen LogP contribution in [0.2, 0.25) is 0 Å². The highest BCUT2D eigenvalue weighted by Gasteiger charge is 2.27. The number of unbranched alkanes of at least 4 members (excludes halogenated alkanes) is 1. The summed E-state index contributed by atoms with van der Waals surface area (Å²) < 4.78 is 0. The Morgan fingerprint density at radius 1 is 1.00 bits per heavy atom. The zero-order chi connectivity index (χ0) is 23.2. The maximum atomic E-state index is 13.3. The third kappa shape index (κ3) is 5.24. The van der Waals surface area contributed by atoms with Gasteiger partial charge in [-0.3, -0.25) is 4.79 Å². The van der Waals surface area contributed by atoms with Gasteiger partial charge in [-0.25, -0.2) is 9.97 Å². The molecule has 5 nitrogen and oxygen atoms in total. The van der Waals surface area contributed by atoms with Crippen molar-refractivity contribution >= 4 is 11.7 Å². The van der Waals surface area contributed by atoms with Crippen LogP contribution in [0, 0.1) is 0 Å².